The normalized spacial score (nSPS) is 27.3. The van der Waals surface area contributed by atoms with Gasteiger partial charge in [-0.2, -0.15) is 0 Å². The van der Waals surface area contributed by atoms with Crippen molar-refractivity contribution in [3.63, 3.8) is 0 Å². The molecule has 3 atom stereocenters. The minimum atomic E-state index is -0.413. The highest BCUT2D eigenvalue weighted by atomic mass is 16.6. The molecule has 0 bridgehead atoms. The van der Waals surface area contributed by atoms with Gasteiger partial charge >= 0.3 is 6.09 Å². The van der Waals surface area contributed by atoms with Gasteiger partial charge < -0.3 is 20.5 Å². The molecule has 5 nitrogen and oxygen atoms in total. The van der Waals surface area contributed by atoms with E-state index < -0.39 is 5.54 Å². The van der Waals surface area contributed by atoms with Gasteiger partial charge in [-0.3, -0.25) is 0 Å². The predicted octanol–water partition coefficient (Wildman–Crippen LogP) is 3.37. The van der Waals surface area contributed by atoms with E-state index in [1.165, 1.54) is 16.7 Å². The molecular formula is C22H34N2O3. The summed E-state index contributed by atoms with van der Waals surface area (Å²) in [5.74, 6) is 0.440. The third-order valence-corrected chi connectivity index (χ3v) is 6.27. The van der Waals surface area contributed by atoms with Crippen LogP contribution in [0.4, 0.5) is 4.79 Å². The number of amides is 1. The van der Waals surface area contributed by atoms with E-state index in [0.717, 1.165) is 57.9 Å². The Hall–Kier alpha value is -1.59. The van der Waals surface area contributed by atoms with Crippen molar-refractivity contribution in [1.82, 2.24) is 4.90 Å². The van der Waals surface area contributed by atoms with Crippen molar-refractivity contribution < 1.29 is 14.6 Å². The molecule has 150 valence electrons. The Morgan fingerprint density at radius 3 is 2.89 bits per heavy atom. The molecule has 1 unspecified atom stereocenters. The maximum absolute atomic E-state index is 12.2. The van der Waals surface area contributed by atoms with Gasteiger partial charge in [0.2, 0.25) is 0 Å². The number of aliphatic hydroxyl groups excluding tert-OH is 1. The highest BCUT2D eigenvalue weighted by molar-refractivity contribution is 5.67. The van der Waals surface area contributed by atoms with Gasteiger partial charge in [-0.05, 0) is 61.1 Å². The topological polar surface area (TPSA) is 75.8 Å². The maximum atomic E-state index is 12.2. The van der Waals surface area contributed by atoms with E-state index in [4.69, 9.17) is 10.5 Å². The van der Waals surface area contributed by atoms with E-state index in [2.05, 4.69) is 25.1 Å². The van der Waals surface area contributed by atoms with E-state index in [9.17, 15) is 9.90 Å². The number of nitrogens with two attached hydrogens (primary N) is 1. The number of hydrogen-bond donors (Lipinski definition) is 2. The van der Waals surface area contributed by atoms with Crippen LogP contribution in [0, 0.1) is 0 Å². The summed E-state index contributed by atoms with van der Waals surface area (Å²) in [6.45, 7) is 2.93. The van der Waals surface area contributed by atoms with Crippen molar-refractivity contribution in [2.45, 2.75) is 75.9 Å². The molecule has 2 aliphatic carbocycles. The number of unbranched alkanes of at least 4 members (excludes halogenated alkanes) is 1. The first-order valence-electron chi connectivity index (χ1n) is 10.4. The molecular weight excluding hydrogens is 340 g/mol. The van der Waals surface area contributed by atoms with Crippen LogP contribution in [0.5, 0.6) is 0 Å². The second-order valence-corrected chi connectivity index (χ2v) is 8.51. The van der Waals surface area contributed by atoms with Crippen molar-refractivity contribution in [2.75, 3.05) is 20.2 Å². The second-order valence-electron chi connectivity index (χ2n) is 8.51. The standard InChI is InChI=1S/C22H34N2O3/c1-3-4-11-24(2)21(26)27-20-8-7-16-12-17(5-6-18(16)13-20)19-9-10-22(23,14-19)15-25/h5-6,12,19-20,25H,3-4,7-11,13-15,23H2,1-2H3/t19-,20?,22+/m0/s1. The largest absolute Gasteiger partial charge is 0.446 e. The van der Waals surface area contributed by atoms with E-state index >= 15 is 0 Å². The SMILES string of the molecule is CCCCN(C)C(=O)OC1CCc2cc([C@H]3CC[C@](N)(CO)C3)ccc2C1. The highest BCUT2D eigenvalue weighted by Crippen LogP contribution is 2.40. The number of aliphatic hydroxyl groups is 1. The van der Waals surface area contributed by atoms with Crippen LogP contribution in [0.3, 0.4) is 0 Å². The Morgan fingerprint density at radius 1 is 1.37 bits per heavy atom. The number of aryl methyl sites for hydroxylation is 1. The zero-order valence-corrected chi connectivity index (χ0v) is 16.7. The van der Waals surface area contributed by atoms with Crippen molar-refractivity contribution in [1.29, 1.82) is 0 Å². The molecule has 1 amide bonds. The first-order valence-corrected chi connectivity index (χ1v) is 10.4. The van der Waals surface area contributed by atoms with E-state index in [0.29, 0.717) is 5.92 Å². The zero-order valence-electron chi connectivity index (χ0n) is 16.7. The van der Waals surface area contributed by atoms with Crippen LogP contribution in [0.25, 0.3) is 0 Å². The molecule has 3 N–H and O–H groups in total. The average Bonchev–Trinajstić information content (AvgIpc) is 3.08. The Labute approximate surface area is 162 Å². The predicted molar refractivity (Wildman–Crippen MR) is 107 cm³/mol. The molecule has 0 spiro atoms. The van der Waals surface area contributed by atoms with Crippen LogP contribution in [-0.2, 0) is 17.6 Å². The summed E-state index contributed by atoms with van der Waals surface area (Å²) < 4.78 is 5.72. The lowest BCUT2D eigenvalue weighted by atomic mass is 9.85. The molecule has 0 saturated heterocycles. The van der Waals surface area contributed by atoms with Crippen LogP contribution in [0.15, 0.2) is 18.2 Å². The number of carbonyl (C=O) groups excluding carboxylic acids is 1. The number of ether oxygens (including phenoxy) is 1. The molecule has 1 aromatic carbocycles. The summed E-state index contributed by atoms with van der Waals surface area (Å²) in [4.78, 5) is 13.9. The molecule has 1 aromatic rings. The summed E-state index contributed by atoms with van der Waals surface area (Å²) in [5.41, 5.74) is 9.83. The van der Waals surface area contributed by atoms with Crippen molar-refractivity contribution in [2.24, 2.45) is 5.73 Å². The molecule has 5 heteroatoms. The van der Waals surface area contributed by atoms with Gasteiger partial charge in [0.25, 0.3) is 0 Å². The first-order chi connectivity index (χ1) is 12.9. The summed E-state index contributed by atoms with van der Waals surface area (Å²) in [6, 6.07) is 6.71. The third kappa shape index (κ3) is 4.82. The fourth-order valence-corrected chi connectivity index (χ4v) is 4.40. The number of carbonyl (C=O) groups is 1. The molecule has 0 aromatic heterocycles. The number of fused-ring (bicyclic) bond motifs is 1. The summed E-state index contributed by atoms with van der Waals surface area (Å²) in [5, 5.41) is 9.50. The Bertz CT molecular complexity index is 663. The van der Waals surface area contributed by atoms with Crippen LogP contribution < -0.4 is 5.73 Å². The van der Waals surface area contributed by atoms with Crippen LogP contribution in [0.1, 0.15) is 68.1 Å². The average molecular weight is 375 g/mol. The van der Waals surface area contributed by atoms with Crippen molar-refractivity contribution >= 4 is 6.09 Å². The van der Waals surface area contributed by atoms with Crippen LogP contribution in [-0.4, -0.2) is 47.9 Å². The minimum absolute atomic E-state index is 0.0301. The molecule has 0 aliphatic heterocycles. The lowest BCUT2D eigenvalue weighted by Crippen LogP contribution is -2.40. The zero-order chi connectivity index (χ0) is 19.4. The second kappa shape index (κ2) is 8.61. The number of rotatable bonds is 6. The van der Waals surface area contributed by atoms with Gasteiger partial charge in [-0.25, -0.2) is 4.79 Å². The summed E-state index contributed by atoms with van der Waals surface area (Å²) in [7, 11) is 1.81. The quantitative estimate of drug-likeness (QED) is 0.800. The molecule has 1 fully saturated rings. The number of nitrogens with zero attached hydrogens (tertiary/aromatic N) is 1. The minimum Gasteiger partial charge on any atom is -0.446 e. The Morgan fingerprint density at radius 2 is 2.19 bits per heavy atom. The lowest BCUT2D eigenvalue weighted by molar-refractivity contribution is 0.0624. The number of benzene rings is 1. The van der Waals surface area contributed by atoms with Crippen LogP contribution >= 0.6 is 0 Å². The molecule has 0 radical (unpaired) electrons. The first kappa shape index (κ1) is 20.2. The van der Waals surface area contributed by atoms with Gasteiger partial charge in [-0.15, -0.1) is 0 Å². The summed E-state index contributed by atoms with van der Waals surface area (Å²) >= 11 is 0. The maximum Gasteiger partial charge on any atom is 0.409 e. The molecule has 0 heterocycles. The van der Waals surface area contributed by atoms with Gasteiger partial charge in [0.15, 0.2) is 0 Å². The fourth-order valence-electron chi connectivity index (χ4n) is 4.40. The van der Waals surface area contributed by atoms with Gasteiger partial charge in [0, 0.05) is 25.6 Å². The van der Waals surface area contributed by atoms with E-state index in [1.54, 1.807) is 4.90 Å². The lowest BCUT2D eigenvalue weighted by Gasteiger charge is -2.28. The smallest absolute Gasteiger partial charge is 0.409 e. The number of hydrogen-bond acceptors (Lipinski definition) is 4. The molecule has 3 rings (SSSR count). The van der Waals surface area contributed by atoms with Gasteiger partial charge in [0.05, 0.1) is 6.61 Å². The highest BCUT2D eigenvalue weighted by Gasteiger charge is 2.36. The Balaban J connectivity index is 1.59. The van der Waals surface area contributed by atoms with Crippen molar-refractivity contribution in [3.05, 3.63) is 34.9 Å². The molecule has 1 saturated carbocycles. The fraction of sp³-hybridized carbons (Fsp3) is 0.682. The third-order valence-electron chi connectivity index (χ3n) is 6.27. The van der Waals surface area contributed by atoms with Crippen molar-refractivity contribution in [3.8, 4) is 0 Å². The van der Waals surface area contributed by atoms with Gasteiger partial charge in [-0.1, -0.05) is 31.5 Å². The van der Waals surface area contributed by atoms with E-state index in [1.807, 2.05) is 7.05 Å². The monoisotopic (exact) mass is 374 g/mol. The molecule has 2 aliphatic rings. The van der Waals surface area contributed by atoms with Crippen LogP contribution in [0.2, 0.25) is 0 Å². The van der Waals surface area contributed by atoms with Gasteiger partial charge in [0.1, 0.15) is 6.10 Å². The molecule has 27 heavy (non-hydrogen) atoms. The summed E-state index contributed by atoms with van der Waals surface area (Å²) in [6.07, 6.45) is 7.24. The van der Waals surface area contributed by atoms with E-state index in [-0.39, 0.29) is 18.8 Å². The Kier molecular flexibility index (Phi) is 6.43.